The molecule has 0 amide bonds. The van der Waals surface area contributed by atoms with Crippen LogP contribution in [0.2, 0.25) is 0 Å². The van der Waals surface area contributed by atoms with Crippen molar-refractivity contribution in [1.82, 2.24) is 9.55 Å². The molecule has 18 heavy (non-hydrogen) atoms. The van der Waals surface area contributed by atoms with Crippen LogP contribution < -0.4 is 11.2 Å². The van der Waals surface area contributed by atoms with E-state index in [0.717, 1.165) is 10.8 Å². The number of aromatic amines is 1. The smallest absolute Gasteiger partial charge is 0.330 e. The lowest BCUT2D eigenvalue weighted by atomic mass is 10.0. The quantitative estimate of drug-likeness (QED) is 0.735. The summed E-state index contributed by atoms with van der Waals surface area (Å²) in [5.74, 6) is -1.30. The number of nitrogens with zero attached hydrogens (tertiary/aromatic N) is 1. The van der Waals surface area contributed by atoms with Crippen LogP contribution in [0.4, 0.5) is 4.39 Å². The molecule has 0 aromatic carbocycles. The molecule has 0 unspecified atom stereocenters. The normalized spacial score (nSPS) is 31.8. The van der Waals surface area contributed by atoms with Gasteiger partial charge in [0.15, 0.2) is 6.23 Å². The van der Waals surface area contributed by atoms with Crippen molar-refractivity contribution in [3.8, 4) is 0 Å². The first-order chi connectivity index (χ1) is 8.45. The van der Waals surface area contributed by atoms with Crippen LogP contribution in [-0.2, 0) is 4.74 Å². The topological polar surface area (TPSA) is 84.3 Å². The standard InChI is InChI=1S/C10H12ClFN2O4/c1-4-6(3-15)18-9(7(4)11)14-2-5(12)8(16)13-10(14)17/h2,4,6-7,9,15H,3H2,1H3,(H,13,16,17)/t4-,6-,7+,9-/m1/s1. The number of halogens is 2. The van der Waals surface area contributed by atoms with Gasteiger partial charge in [0.2, 0.25) is 5.82 Å². The van der Waals surface area contributed by atoms with Crippen LogP contribution in [0, 0.1) is 11.7 Å². The minimum absolute atomic E-state index is 0.205. The Labute approximate surface area is 106 Å². The maximum atomic E-state index is 13.2. The molecule has 100 valence electrons. The summed E-state index contributed by atoms with van der Waals surface area (Å²) in [4.78, 5) is 24.3. The summed E-state index contributed by atoms with van der Waals surface area (Å²) in [5.41, 5.74) is -1.89. The largest absolute Gasteiger partial charge is 0.394 e. The van der Waals surface area contributed by atoms with E-state index in [1.54, 1.807) is 6.92 Å². The Morgan fingerprint density at radius 1 is 1.61 bits per heavy atom. The second-order valence-electron chi connectivity index (χ2n) is 4.19. The molecule has 0 radical (unpaired) electrons. The Balaban J connectivity index is 2.42. The highest BCUT2D eigenvalue weighted by Gasteiger charge is 2.42. The van der Waals surface area contributed by atoms with Crippen molar-refractivity contribution in [1.29, 1.82) is 0 Å². The molecule has 1 aromatic heterocycles. The van der Waals surface area contributed by atoms with Crippen LogP contribution in [0.1, 0.15) is 13.2 Å². The zero-order valence-corrected chi connectivity index (χ0v) is 10.2. The van der Waals surface area contributed by atoms with Gasteiger partial charge < -0.3 is 9.84 Å². The monoisotopic (exact) mass is 278 g/mol. The summed E-state index contributed by atoms with van der Waals surface area (Å²) >= 11 is 6.09. The van der Waals surface area contributed by atoms with E-state index in [0.29, 0.717) is 0 Å². The van der Waals surface area contributed by atoms with Gasteiger partial charge in [0, 0.05) is 5.92 Å². The summed E-state index contributed by atoms with van der Waals surface area (Å²) in [5, 5.41) is 8.48. The number of aliphatic hydroxyl groups is 1. The lowest BCUT2D eigenvalue weighted by Crippen LogP contribution is -2.36. The molecular weight excluding hydrogens is 267 g/mol. The van der Waals surface area contributed by atoms with Crippen LogP contribution in [-0.4, -0.2) is 32.7 Å². The summed E-state index contributed by atoms with van der Waals surface area (Å²) in [6, 6.07) is 0. The predicted octanol–water partition coefficient (Wildman–Crippen LogP) is -0.191. The number of H-pyrrole nitrogens is 1. The molecule has 1 saturated heterocycles. The van der Waals surface area contributed by atoms with Crippen LogP contribution in [0.3, 0.4) is 0 Å². The van der Waals surface area contributed by atoms with Gasteiger partial charge in [-0.1, -0.05) is 6.92 Å². The van der Waals surface area contributed by atoms with Crippen molar-refractivity contribution in [3.63, 3.8) is 0 Å². The number of rotatable bonds is 2. The molecule has 2 heterocycles. The van der Waals surface area contributed by atoms with E-state index in [-0.39, 0.29) is 12.5 Å². The number of nitrogens with one attached hydrogen (secondary N) is 1. The average molecular weight is 279 g/mol. The van der Waals surface area contributed by atoms with E-state index in [1.165, 1.54) is 0 Å². The molecule has 1 fully saturated rings. The molecule has 2 rings (SSSR count). The highest BCUT2D eigenvalue weighted by molar-refractivity contribution is 6.21. The lowest BCUT2D eigenvalue weighted by Gasteiger charge is -2.16. The van der Waals surface area contributed by atoms with Gasteiger partial charge in [-0.05, 0) is 0 Å². The number of hydrogen-bond acceptors (Lipinski definition) is 4. The molecule has 1 aliphatic rings. The van der Waals surface area contributed by atoms with E-state index in [1.807, 2.05) is 4.98 Å². The van der Waals surface area contributed by atoms with Crippen molar-refractivity contribution in [2.24, 2.45) is 5.92 Å². The van der Waals surface area contributed by atoms with E-state index in [2.05, 4.69) is 0 Å². The molecule has 4 atom stereocenters. The molecule has 1 aliphatic heterocycles. The molecule has 1 aromatic rings. The second-order valence-corrected chi connectivity index (χ2v) is 4.70. The summed E-state index contributed by atoms with van der Waals surface area (Å²) < 4.78 is 19.4. The zero-order valence-electron chi connectivity index (χ0n) is 9.47. The number of hydrogen-bond donors (Lipinski definition) is 2. The van der Waals surface area contributed by atoms with Gasteiger partial charge in [-0.25, -0.2) is 4.79 Å². The van der Waals surface area contributed by atoms with Crippen molar-refractivity contribution in [3.05, 3.63) is 32.9 Å². The van der Waals surface area contributed by atoms with Gasteiger partial charge >= 0.3 is 5.69 Å². The predicted molar refractivity (Wildman–Crippen MR) is 61.1 cm³/mol. The molecule has 0 saturated carbocycles. The highest BCUT2D eigenvalue weighted by Crippen LogP contribution is 2.36. The summed E-state index contributed by atoms with van der Waals surface area (Å²) in [6.07, 6.45) is -0.690. The maximum Gasteiger partial charge on any atom is 0.330 e. The molecule has 8 heteroatoms. The third-order valence-corrected chi connectivity index (χ3v) is 3.67. The molecule has 0 bridgehead atoms. The Morgan fingerprint density at radius 3 is 2.83 bits per heavy atom. The number of alkyl halides is 1. The van der Waals surface area contributed by atoms with Gasteiger partial charge in [-0.3, -0.25) is 14.3 Å². The Bertz CT molecular complexity index is 558. The fourth-order valence-electron chi connectivity index (χ4n) is 1.92. The van der Waals surface area contributed by atoms with Crippen LogP contribution in [0.5, 0.6) is 0 Å². The molecular formula is C10H12ClFN2O4. The number of aliphatic hydroxyl groups excluding tert-OH is 1. The van der Waals surface area contributed by atoms with Gasteiger partial charge in [-0.2, -0.15) is 4.39 Å². The Hall–Kier alpha value is -1.18. The maximum absolute atomic E-state index is 13.2. The van der Waals surface area contributed by atoms with Crippen LogP contribution in [0.25, 0.3) is 0 Å². The first-order valence-corrected chi connectivity index (χ1v) is 5.80. The van der Waals surface area contributed by atoms with Gasteiger partial charge in [0.25, 0.3) is 5.56 Å². The molecule has 0 spiro atoms. The lowest BCUT2D eigenvalue weighted by molar-refractivity contribution is -0.0312. The number of aromatic nitrogens is 2. The average Bonchev–Trinajstić information content (AvgIpc) is 2.61. The van der Waals surface area contributed by atoms with E-state index < -0.39 is 34.8 Å². The first-order valence-electron chi connectivity index (χ1n) is 5.37. The summed E-state index contributed by atoms with van der Waals surface area (Å²) in [7, 11) is 0. The minimum atomic E-state index is -1.10. The van der Waals surface area contributed by atoms with Gasteiger partial charge in [-0.15, -0.1) is 11.6 Å². The fourth-order valence-corrected chi connectivity index (χ4v) is 2.26. The van der Waals surface area contributed by atoms with Crippen LogP contribution >= 0.6 is 11.6 Å². The Kier molecular flexibility index (Phi) is 3.56. The minimum Gasteiger partial charge on any atom is -0.394 e. The van der Waals surface area contributed by atoms with Gasteiger partial charge in [0.05, 0.1) is 24.3 Å². The number of ether oxygens (including phenoxy) is 1. The third kappa shape index (κ3) is 2.09. The molecule has 2 N–H and O–H groups in total. The van der Waals surface area contributed by atoms with Crippen LogP contribution in [0.15, 0.2) is 15.8 Å². The molecule has 0 aliphatic carbocycles. The van der Waals surface area contributed by atoms with E-state index in [9.17, 15) is 14.0 Å². The van der Waals surface area contributed by atoms with E-state index in [4.69, 9.17) is 21.4 Å². The molecule has 6 nitrogen and oxygen atoms in total. The van der Waals surface area contributed by atoms with Crippen molar-refractivity contribution in [2.45, 2.75) is 24.6 Å². The van der Waals surface area contributed by atoms with Gasteiger partial charge in [0.1, 0.15) is 0 Å². The second kappa shape index (κ2) is 4.83. The Morgan fingerprint density at radius 2 is 2.28 bits per heavy atom. The summed E-state index contributed by atoms with van der Waals surface area (Å²) in [6.45, 7) is 1.51. The van der Waals surface area contributed by atoms with Crippen molar-refractivity contribution < 1.29 is 14.2 Å². The first kappa shape index (κ1) is 13.3. The third-order valence-electron chi connectivity index (χ3n) is 3.05. The zero-order chi connectivity index (χ0) is 13.4. The van der Waals surface area contributed by atoms with E-state index >= 15 is 0 Å². The van der Waals surface area contributed by atoms with Crippen molar-refractivity contribution >= 4 is 11.6 Å². The van der Waals surface area contributed by atoms with Crippen molar-refractivity contribution in [2.75, 3.05) is 6.61 Å². The fraction of sp³-hybridized carbons (Fsp3) is 0.600. The highest BCUT2D eigenvalue weighted by atomic mass is 35.5. The SMILES string of the molecule is C[C@H]1[C@H](Cl)[C@H](n2cc(F)c(=O)[nH]c2=O)O[C@@H]1CO.